The molecule has 1 aromatic rings. The van der Waals surface area contributed by atoms with Gasteiger partial charge in [-0.1, -0.05) is 12.8 Å². The molecule has 0 spiro atoms. The monoisotopic (exact) mass is 330 g/mol. The molecule has 24 heavy (non-hydrogen) atoms. The normalized spacial score (nSPS) is 18.2. The summed E-state index contributed by atoms with van der Waals surface area (Å²) in [6, 6.07) is 7.82. The van der Waals surface area contributed by atoms with Crippen LogP contribution < -0.4 is 9.64 Å². The quantitative estimate of drug-likeness (QED) is 0.806. The Morgan fingerprint density at radius 2 is 1.92 bits per heavy atom. The van der Waals surface area contributed by atoms with E-state index in [4.69, 9.17) is 4.74 Å². The van der Waals surface area contributed by atoms with Gasteiger partial charge in [-0.25, -0.2) is 0 Å². The van der Waals surface area contributed by atoms with Crippen molar-refractivity contribution >= 4 is 17.5 Å². The number of carbonyl (C=O) groups excluding carboxylic acids is 2. The number of nitrogens with zero attached hydrogens (tertiary/aromatic N) is 2. The van der Waals surface area contributed by atoms with Gasteiger partial charge in [-0.15, -0.1) is 0 Å². The summed E-state index contributed by atoms with van der Waals surface area (Å²) in [6.45, 7) is 3.62. The van der Waals surface area contributed by atoms with Crippen molar-refractivity contribution in [2.45, 2.75) is 51.5 Å². The van der Waals surface area contributed by atoms with Gasteiger partial charge in [0.1, 0.15) is 5.75 Å². The van der Waals surface area contributed by atoms with Crippen LogP contribution in [0.5, 0.6) is 5.75 Å². The molecule has 3 rings (SSSR count). The van der Waals surface area contributed by atoms with Gasteiger partial charge < -0.3 is 14.5 Å². The standard InChI is InChI=1S/C19H26N2O3/c1-2-20(15-6-3-4-7-15)19(23)14-24-17-11-9-16(10-12-17)21-13-5-8-18(21)22/h9-12,15H,2-8,13-14H2,1H3. The molecular weight excluding hydrogens is 304 g/mol. The predicted molar refractivity (Wildman–Crippen MR) is 93.2 cm³/mol. The second-order valence-corrected chi connectivity index (χ2v) is 6.55. The van der Waals surface area contributed by atoms with Gasteiger partial charge in [0.25, 0.3) is 5.91 Å². The van der Waals surface area contributed by atoms with Crippen molar-refractivity contribution in [1.29, 1.82) is 0 Å². The lowest BCUT2D eigenvalue weighted by Crippen LogP contribution is -2.41. The largest absolute Gasteiger partial charge is 0.484 e. The van der Waals surface area contributed by atoms with Gasteiger partial charge in [-0.3, -0.25) is 9.59 Å². The molecule has 1 saturated carbocycles. The molecule has 0 bridgehead atoms. The molecular formula is C19H26N2O3. The van der Waals surface area contributed by atoms with Crippen LogP contribution in [0.3, 0.4) is 0 Å². The Bertz CT molecular complexity index is 579. The minimum Gasteiger partial charge on any atom is -0.484 e. The molecule has 1 saturated heterocycles. The van der Waals surface area contributed by atoms with Crippen LogP contribution in [0.25, 0.3) is 0 Å². The lowest BCUT2D eigenvalue weighted by atomic mass is 10.2. The van der Waals surface area contributed by atoms with Gasteiger partial charge in [0.2, 0.25) is 5.91 Å². The maximum absolute atomic E-state index is 12.4. The van der Waals surface area contributed by atoms with Crippen molar-refractivity contribution in [3.05, 3.63) is 24.3 Å². The Hall–Kier alpha value is -2.04. The number of ether oxygens (including phenoxy) is 1. The van der Waals surface area contributed by atoms with Crippen molar-refractivity contribution in [2.75, 3.05) is 24.6 Å². The molecule has 5 nitrogen and oxygen atoms in total. The van der Waals surface area contributed by atoms with E-state index in [1.54, 1.807) is 4.90 Å². The zero-order valence-electron chi connectivity index (χ0n) is 14.4. The highest BCUT2D eigenvalue weighted by atomic mass is 16.5. The Labute approximate surface area is 143 Å². The number of rotatable bonds is 6. The SMILES string of the molecule is CCN(C(=O)COc1ccc(N2CCCC2=O)cc1)C1CCCC1. The van der Waals surface area contributed by atoms with Crippen molar-refractivity contribution in [3.63, 3.8) is 0 Å². The molecule has 0 aromatic heterocycles. The molecule has 130 valence electrons. The second-order valence-electron chi connectivity index (χ2n) is 6.55. The van der Waals surface area contributed by atoms with Crippen molar-refractivity contribution in [2.24, 2.45) is 0 Å². The number of hydrogen-bond acceptors (Lipinski definition) is 3. The van der Waals surface area contributed by atoms with E-state index in [0.29, 0.717) is 18.2 Å². The molecule has 0 N–H and O–H groups in total. The van der Waals surface area contributed by atoms with Crippen LogP contribution in [-0.4, -0.2) is 42.5 Å². The minimum absolute atomic E-state index is 0.0585. The Morgan fingerprint density at radius 3 is 2.50 bits per heavy atom. The highest BCUT2D eigenvalue weighted by molar-refractivity contribution is 5.95. The Morgan fingerprint density at radius 1 is 1.21 bits per heavy atom. The number of anilines is 1. The summed E-state index contributed by atoms with van der Waals surface area (Å²) in [5.41, 5.74) is 0.900. The summed E-state index contributed by atoms with van der Waals surface area (Å²) in [6.07, 6.45) is 6.19. The number of hydrogen-bond donors (Lipinski definition) is 0. The average molecular weight is 330 g/mol. The first-order valence-electron chi connectivity index (χ1n) is 9.01. The highest BCUT2D eigenvalue weighted by Crippen LogP contribution is 2.25. The molecule has 1 heterocycles. The predicted octanol–water partition coefficient (Wildman–Crippen LogP) is 2.98. The van der Waals surface area contributed by atoms with E-state index in [2.05, 4.69) is 0 Å². The van der Waals surface area contributed by atoms with Crippen LogP contribution >= 0.6 is 0 Å². The van der Waals surface area contributed by atoms with Crippen LogP contribution in [0.2, 0.25) is 0 Å². The van der Waals surface area contributed by atoms with E-state index in [-0.39, 0.29) is 18.4 Å². The average Bonchev–Trinajstić information content (AvgIpc) is 3.26. The Balaban J connectivity index is 1.54. The van der Waals surface area contributed by atoms with E-state index in [1.807, 2.05) is 36.1 Å². The molecule has 1 aliphatic carbocycles. The third kappa shape index (κ3) is 3.71. The van der Waals surface area contributed by atoms with Crippen LogP contribution in [0.15, 0.2) is 24.3 Å². The van der Waals surface area contributed by atoms with E-state index in [9.17, 15) is 9.59 Å². The van der Waals surface area contributed by atoms with Gasteiger partial charge >= 0.3 is 0 Å². The van der Waals surface area contributed by atoms with Crippen molar-refractivity contribution < 1.29 is 14.3 Å². The zero-order valence-corrected chi connectivity index (χ0v) is 14.4. The zero-order chi connectivity index (χ0) is 16.9. The fraction of sp³-hybridized carbons (Fsp3) is 0.579. The summed E-state index contributed by atoms with van der Waals surface area (Å²) < 4.78 is 5.66. The Kier molecular flexibility index (Phi) is 5.38. The summed E-state index contributed by atoms with van der Waals surface area (Å²) in [5, 5.41) is 0. The molecule has 0 atom stereocenters. The highest BCUT2D eigenvalue weighted by Gasteiger charge is 2.25. The smallest absolute Gasteiger partial charge is 0.260 e. The molecule has 0 radical (unpaired) electrons. The summed E-state index contributed by atoms with van der Waals surface area (Å²) in [4.78, 5) is 27.9. The molecule has 2 fully saturated rings. The molecule has 2 amide bonds. The fourth-order valence-electron chi connectivity index (χ4n) is 3.73. The lowest BCUT2D eigenvalue weighted by molar-refractivity contribution is -0.135. The van der Waals surface area contributed by atoms with Crippen LogP contribution in [0, 0.1) is 0 Å². The van der Waals surface area contributed by atoms with Crippen LogP contribution in [0.1, 0.15) is 45.4 Å². The van der Waals surface area contributed by atoms with E-state index in [1.165, 1.54) is 12.8 Å². The fourth-order valence-corrected chi connectivity index (χ4v) is 3.73. The molecule has 1 aromatic carbocycles. The molecule has 0 unspecified atom stereocenters. The number of benzene rings is 1. The minimum atomic E-state index is 0.0585. The number of amides is 2. The first kappa shape index (κ1) is 16.8. The number of likely N-dealkylation sites (N-methyl/N-ethyl adjacent to an activating group) is 1. The number of carbonyl (C=O) groups is 2. The van der Waals surface area contributed by atoms with Crippen LogP contribution in [-0.2, 0) is 9.59 Å². The van der Waals surface area contributed by atoms with Gasteiger partial charge in [-0.05, 0) is 50.5 Å². The molecule has 1 aliphatic heterocycles. The molecule has 5 heteroatoms. The maximum atomic E-state index is 12.4. The van der Waals surface area contributed by atoms with E-state index < -0.39 is 0 Å². The summed E-state index contributed by atoms with van der Waals surface area (Å²) >= 11 is 0. The lowest BCUT2D eigenvalue weighted by Gasteiger charge is -2.27. The van der Waals surface area contributed by atoms with Gasteiger partial charge in [0.05, 0.1) is 0 Å². The first-order valence-corrected chi connectivity index (χ1v) is 9.01. The third-order valence-corrected chi connectivity index (χ3v) is 5.01. The van der Waals surface area contributed by atoms with Gasteiger partial charge in [0, 0.05) is 31.2 Å². The maximum Gasteiger partial charge on any atom is 0.260 e. The first-order chi connectivity index (χ1) is 11.7. The van der Waals surface area contributed by atoms with E-state index >= 15 is 0 Å². The second kappa shape index (κ2) is 7.69. The summed E-state index contributed by atoms with van der Waals surface area (Å²) in [7, 11) is 0. The molecule has 2 aliphatic rings. The third-order valence-electron chi connectivity index (χ3n) is 5.01. The van der Waals surface area contributed by atoms with E-state index in [0.717, 1.165) is 38.0 Å². The summed E-state index contributed by atoms with van der Waals surface area (Å²) in [5.74, 6) is 0.901. The van der Waals surface area contributed by atoms with Gasteiger partial charge in [-0.2, -0.15) is 0 Å². The van der Waals surface area contributed by atoms with Crippen LogP contribution in [0.4, 0.5) is 5.69 Å². The van der Waals surface area contributed by atoms with Gasteiger partial charge in [0.15, 0.2) is 6.61 Å². The topological polar surface area (TPSA) is 49.9 Å². The van der Waals surface area contributed by atoms with Crippen molar-refractivity contribution in [3.8, 4) is 5.75 Å². The van der Waals surface area contributed by atoms with Crippen molar-refractivity contribution in [1.82, 2.24) is 4.90 Å².